The molecular weight excluding hydrogens is 308 g/mol. The second-order valence-corrected chi connectivity index (χ2v) is 8.82. The fourth-order valence-corrected chi connectivity index (χ4v) is 4.93. The van der Waals surface area contributed by atoms with Crippen molar-refractivity contribution in [2.45, 2.75) is 36.6 Å². The number of anilines is 1. The summed E-state index contributed by atoms with van der Waals surface area (Å²) in [5, 5.41) is 4.96. The second kappa shape index (κ2) is 5.70. The maximum absolute atomic E-state index is 12.3. The summed E-state index contributed by atoms with van der Waals surface area (Å²) in [7, 11) is -3.29. The Morgan fingerprint density at radius 3 is 2.52 bits per heavy atom. The van der Waals surface area contributed by atoms with Crippen molar-refractivity contribution < 1.29 is 13.2 Å². The van der Waals surface area contributed by atoms with Crippen LogP contribution in [0.1, 0.15) is 25.7 Å². The second-order valence-electron chi connectivity index (χ2n) is 5.92. The third-order valence-electron chi connectivity index (χ3n) is 4.23. The lowest BCUT2D eigenvalue weighted by Crippen LogP contribution is -2.39. The molecule has 7 heteroatoms. The molecule has 1 aromatic rings. The van der Waals surface area contributed by atoms with Crippen LogP contribution in [0.2, 0.25) is 0 Å². The molecule has 3 rings (SSSR count). The first-order valence-corrected chi connectivity index (χ1v) is 10.0. The summed E-state index contributed by atoms with van der Waals surface area (Å²) in [6.07, 6.45) is 5.48. The highest BCUT2D eigenvalue weighted by Crippen LogP contribution is 2.32. The Kier molecular flexibility index (Phi) is 4.07. The summed E-state index contributed by atoms with van der Waals surface area (Å²) in [6, 6.07) is 2.30. The maximum atomic E-state index is 12.3. The zero-order chi connectivity index (χ0) is 15.0. The molecule has 116 valence electrons. The molecule has 1 aliphatic heterocycles. The zero-order valence-corrected chi connectivity index (χ0v) is 13.7. The normalized spacial score (nSPS) is 21.4. The van der Waals surface area contributed by atoms with Gasteiger partial charge in [0.2, 0.25) is 5.91 Å². The molecular formula is C14H20N2O3S2. The number of sulfone groups is 1. The summed E-state index contributed by atoms with van der Waals surface area (Å²) in [4.78, 5) is 15.0. The van der Waals surface area contributed by atoms with Gasteiger partial charge in [-0.15, -0.1) is 11.3 Å². The van der Waals surface area contributed by atoms with Gasteiger partial charge in [0, 0.05) is 18.2 Å². The number of piperidine rings is 1. The minimum Gasteiger partial charge on any atom is -0.316 e. The number of carbonyl (C=O) groups is 1. The molecule has 1 saturated carbocycles. The molecule has 0 radical (unpaired) electrons. The molecule has 2 heterocycles. The Morgan fingerprint density at radius 2 is 1.95 bits per heavy atom. The minimum absolute atomic E-state index is 0.00508. The molecule has 1 N–H and O–H groups in total. The van der Waals surface area contributed by atoms with Crippen LogP contribution in [-0.4, -0.2) is 44.6 Å². The summed E-state index contributed by atoms with van der Waals surface area (Å²) in [5.74, 6) is -0.0488. The van der Waals surface area contributed by atoms with Gasteiger partial charge in [-0.3, -0.25) is 4.79 Å². The van der Waals surface area contributed by atoms with E-state index in [-0.39, 0.29) is 16.7 Å². The number of nitrogens with one attached hydrogen (secondary N) is 1. The monoisotopic (exact) mass is 328 g/mol. The van der Waals surface area contributed by atoms with Gasteiger partial charge in [-0.05, 0) is 50.2 Å². The van der Waals surface area contributed by atoms with E-state index in [1.54, 1.807) is 11.4 Å². The Labute approximate surface area is 129 Å². The molecule has 1 saturated heterocycles. The van der Waals surface area contributed by atoms with Crippen LogP contribution in [-0.2, 0) is 14.6 Å². The van der Waals surface area contributed by atoms with E-state index < -0.39 is 9.84 Å². The molecule has 0 unspecified atom stereocenters. The lowest BCUT2D eigenvalue weighted by molar-refractivity contribution is -0.121. The minimum atomic E-state index is -3.29. The highest BCUT2D eigenvalue weighted by Gasteiger charge is 2.34. The number of rotatable bonds is 4. The van der Waals surface area contributed by atoms with Crippen LogP contribution < -0.4 is 5.32 Å². The quantitative estimate of drug-likeness (QED) is 0.917. The zero-order valence-electron chi connectivity index (χ0n) is 12.0. The number of likely N-dealkylation sites (tertiary alicyclic amines) is 1. The van der Waals surface area contributed by atoms with E-state index in [1.165, 1.54) is 30.4 Å². The Hall–Kier alpha value is -0.920. The van der Waals surface area contributed by atoms with E-state index >= 15 is 0 Å². The van der Waals surface area contributed by atoms with Crippen LogP contribution >= 0.6 is 11.3 Å². The molecule has 1 aromatic heterocycles. The van der Waals surface area contributed by atoms with Crippen molar-refractivity contribution in [3.05, 3.63) is 11.4 Å². The van der Waals surface area contributed by atoms with E-state index in [9.17, 15) is 13.2 Å². The topological polar surface area (TPSA) is 66.5 Å². The van der Waals surface area contributed by atoms with Crippen LogP contribution in [0, 0.1) is 5.92 Å². The van der Waals surface area contributed by atoms with Crippen molar-refractivity contribution in [1.29, 1.82) is 0 Å². The summed E-state index contributed by atoms with van der Waals surface area (Å²) in [5.41, 5.74) is 0. The largest absolute Gasteiger partial charge is 0.316 e. The smallest absolute Gasteiger partial charge is 0.228 e. The van der Waals surface area contributed by atoms with E-state index in [4.69, 9.17) is 0 Å². The maximum Gasteiger partial charge on any atom is 0.228 e. The van der Waals surface area contributed by atoms with Crippen LogP contribution in [0.15, 0.2) is 16.3 Å². The number of carbonyl (C=O) groups excluding carboxylic acids is 1. The van der Waals surface area contributed by atoms with Crippen molar-refractivity contribution in [3.8, 4) is 0 Å². The van der Waals surface area contributed by atoms with E-state index in [0.717, 1.165) is 32.0 Å². The van der Waals surface area contributed by atoms with Crippen LogP contribution in [0.25, 0.3) is 0 Å². The average Bonchev–Trinajstić information content (AvgIpc) is 3.17. The Morgan fingerprint density at radius 1 is 1.29 bits per heavy atom. The van der Waals surface area contributed by atoms with Crippen molar-refractivity contribution in [2.24, 2.45) is 5.92 Å². The van der Waals surface area contributed by atoms with Gasteiger partial charge in [0.15, 0.2) is 9.84 Å². The van der Waals surface area contributed by atoms with Crippen molar-refractivity contribution >= 4 is 32.1 Å². The third kappa shape index (κ3) is 3.46. The van der Waals surface area contributed by atoms with Crippen LogP contribution in [0.4, 0.5) is 5.00 Å². The number of hydrogen-bond acceptors (Lipinski definition) is 5. The number of hydrogen-bond donors (Lipinski definition) is 1. The van der Waals surface area contributed by atoms with Gasteiger partial charge >= 0.3 is 0 Å². The Bertz CT molecular complexity index is 626. The number of thiophene rings is 1. The molecule has 0 atom stereocenters. The lowest BCUT2D eigenvalue weighted by Gasteiger charge is -2.31. The SMILES string of the molecule is CS(=O)(=O)c1ccsc1NC(=O)C1CCN(C2CC2)CC1. The summed E-state index contributed by atoms with van der Waals surface area (Å²) in [6.45, 7) is 1.96. The molecule has 2 aliphatic rings. The van der Waals surface area contributed by atoms with Gasteiger partial charge < -0.3 is 10.2 Å². The first-order valence-electron chi connectivity index (χ1n) is 7.27. The highest BCUT2D eigenvalue weighted by molar-refractivity contribution is 7.91. The molecule has 5 nitrogen and oxygen atoms in total. The molecule has 1 aliphatic carbocycles. The fourth-order valence-electron chi connectivity index (χ4n) is 2.86. The van der Waals surface area contributed by atoms with Crippen LogP contribution in [0.5, 0.6) is 0 Å². The average molecular weight is 328 g/mol. The molecule has 0 spiro atoms. The van der Waals surface area contributed by atoms with Gasteiger partial charge in [-0.25, -0.2) is 8.42 Å². The number of amides is 1. The molecule has 21 heavy (non-hydrogen) atoms. The van der Waals surface area contributed by atoms with Crippen molar-refractivity contribution in [3.63, 3.8) is 0 Å². The Balaban J connectivity index is 1.61. The van der Waals surface area contributed by atoms with Crippen LogP contribution in [0.3, 0.4) is 0 Å². The fraction of sp³-hybridized carbons (Fsp3) is 0.643. The van der Waals surface area contributed by atoms with Gasteiger partial charge in [-0.2, -0.15) is 0 Å². The molecule has 1 amide bonds. The van der Waals surface area contributed by atoms with Crippen molar-refractivity contribution in [2.75, 3.05) is 24.7 Å². The molecule has 0 bridgehead atoms. The van der Waals surface area contributed by atoms with Gasteiger partial charge in [-0.1, -0.05) is 0 Å². The van der Waals surface area contributed by atoms with Gasteiger partial charge in [0.25, 0.3) is 0 Å². The first kappa shape index (κ1) is 15.0. The first-order chi connectivity index (χ1) is 9.95. The standard InChI is InChI=1S/C14H20N2O3S2/c1-21(18,19)12-6-9-20-14(12)15-13(17)10-4-7-16(8-5-10)11-2-3-11/h6,9-11H,2-5,7-8H2,1H3,(H,15,17). The van der Waals surface area contributed by atoms with Gasteiger partial charge in [0.05, 0.1) is 0 Å². The molecule has 2 fully saturated rings. The lowest BCUT2D eigenvalue weighted by atomic mass is 9.96. The summed E-state index contributed by atoms with van der Waals surface area (Å²) < 4.78 is 23.3. The van der Waals surface area contributed by atoms with E-state index in [0.29, 0.717) is 5.00 Å². The van der Waals surface area contributed by atoms with Gasteiger partial charge in [0.1, 0.15) is 9.90 Å². The van der Waals surface area contributed by atoms with Crippen molar-refractivity contribution in [1.82, 2.24) is 4.90 Å². The van der Waals surface area contributed by atoms with E-state index in [2.05, 4.69) is 10.2 Å². The third-order valence-corrected chi connectivity index (χ3v) is 6.33. The predicted molar refractivity (Wildman–Crippen MR) is 83.4 cm³/mol. The number of nitrogens with zero attached hydrogens (tertiary/aromatic N) is 1. The summed E-state index contributed by atoms with van der Waals surface area (Å²) >= 11 is 1.26. The molecule has 0 aromatic carbocycles. The van der Waals surface area contributed by atoms with E-state index in [1.807, 2.05) is 0 Å². The highest BCUT2D eigenvalue weighted by atomic mass is 32.2. The predicted octanol–water partition coefficient (Wildman–Crippen LogP) is 1.96.